The second kappa shape index (κ2) is 6.17. The van der Waals surface area contributed by atoms with Gasteiger partial charge in [0.25, 0.3) is 0 Å². The maximum absolute atomic E-state index is 5.67. The van der Waals surface area contributed by atoms with Gasteiger partial charge < -0.3 is 15.8 Å². The molecule has 0 amide bonds. The fourth-order valence-corrected chi connectivity index (χ4v) is 1.23. The smallest absolute Gasteiger partial charge is 0.0638 e. The normalized spacial score (nSPS) is 14.1. The number of nitrogens with two attached hydrogens (primary N) is 1. The molecule has 0 heterocycles. The van der Waals surface area contributed by atoms with Crippen molar-refractivity contribution in [1.29, 1.82) is 0 Å². The zero-order valence-corrected chi connectivity index (χ0v) is 9.89. The molecule has 0 aromatic rings. The monoisotopic (exact) mass is 200 g/mol. The van der Waals surface area contributed by atoms with Gasteiger partial charge >= 0.3 is 0 Å². The third kappa shape index (κ3) is 6.13. The lowest BCUT2D eigenvalue weighted by atomic mass is 9.98. The van der Waals surface area contributed by atoms with E-state index < -0.39 is 0 Å². The van der Waals surface area contributed by atoms with Gasteiger partial charge in [-0.05, 0) is 27.2 Å². The quantitative estimate of drug-likeness (QED) is 0.609. The van der Waals surface area contributed by atoms with Crippen molar-refractivity contribution in [3.8, 4) is 0 Å². The first-order chi connectivity index (χ1) is 6.41. The standard InChI is InChI=1S/C11H24N2O/c1-9(2)8-13-10(7-12)6-11(3,4)14-5/h10,13H,1,6-8,12H2,2-5H3. The van der Waals surface area contributed by atoms with Gasteiger partial charge in [-0.2, -0.15) is 0 Å². The number of methoxy groups -OCH3 is 1. The molecule has 14 heavy (non-hydrogen) atoms. The van der Waals surface area contributed by atoms with Crippen LogP contribution in [0, 0.1) is 0 Å². The first-order valence-corrected chi connectivity index (χ1v) is 5.04. The summed E-state index contributed by atoms with van der Waals surface area (Å²) < 4.78 is 5.36. The lowest BCUT2D eigenvalue weighted by Gasteiger charge is -2.28. The summed E-state index contributed by atoms with van der Waals surface area (Å²) in [4.78, 5) is 0. The van der Waals surface area contributed by atoms with Gasteiger partial charge in [-0.1, -0.05) is 12.2 Å². The number of rotatable bonds is 7. The van der Waals surface area contributed by atoms with Crippen molar-refractivity contribution < 1.29 is 4.74 Å². The summed E-state index contributed by atoms with van der Waals surface area (Å²) in [7, 11) is 1.73. The molecule has 0 aliphatic carbocycles. The van der Waals surface area contributed by atoms with Crippen LogP contribution in [-0.4, -0.2) is 31.8 Å². The molecule has 0 spiro atoms. The highest BCUT2D eigenvalue weighted by molar-refractivity contribution is 4.92. The number of hydrogen-bond donors (Lipinski definition) is 2. The molecular weight excluding hydrogens is 176 g/mol. The molecule has 0 aliphatic heterocycles. The Morgan fingerprint density at radius 1 is 1.57 bits per heavy atom. The number of ether oxygens (including phenoxy) is 1. The van der Waals surface area contributed by atoms with Crippen LogP contribution in [0.25, 0.3) is 0 Å². The van der Waals surface area contributed by atoms with Crippen molar-refractivity contribution in [3.63, 3.8) is 0 Å². The summed E-state index contributed by atoms with van der Waals surface area (Å²) >= 11 is 0. The fraction of sp³-hybridized carbons (Fsp3) is 0.818. The fourth-order valence-electron chi connectivity index (χ4n) is 1.23. The van der Waals surface area contributed by atoms with Gasteiger partial charge in [0.15, 0.2) is 0 Å². The molecule has 0 aromatic carbocycles. The van der Waals surface area contributed by atoms with Crippen LogP contribution >= 0.6 is 0 Å². The van der Waals surface area contributed by atoms with Crippen LogP contribution in [-0.2, 0) is 4.74 Å². The van der Waals surface area contributed by atoms with E-state index in [1.807, 2.05) is 6.92 Å². The summed E-state index contributed by atoms with van der Waals surface area (Å²) in [5, 5.41) is 3.35. The van der Waals surface area contributed by atoms with E-state index in [0.29, 0.717) is 12.6 Å². The van der Waals surface area contributed by atoms with Crippen LogP contribution < -0.4 is 11.1 Å². The SMILES string of the molecule is C=C(C)CNC(CN)CC(C)(C)OC. The van der Waals surface area contributed by atoms with Gasteiger partial charge in [-0.3, -0.25) is 0 Å². The van der Waals surface area contributed by atoms with Crippen LogP contribution in [0.2, 0.25) is 0 Å². The van der Waals surface area contributed by atoms with E-state index >= 15 is 0 Å². The van der Waals surface area contributed by atoms with Crippen LogP contribution in [0.3, 0.4) is 0 Å². The van der Waals surface area contributed by atoms with Crippen LogP contribution in [0.4, 0.5) is 0 Å². The highest BCUT2D eigenvalue weighted by Gasteiger charge is 2.21. The molecule has 84 valence electrons. The minimum absolute atomic E-state index is 0.119. The Morgan fingerprint density at radius 3 is 2.50 bits per heavy atom. The van der Waals surface area contributed by atoms with E-state index in [0.717, 1.165) is 18.5 Å². The Morgan fingerprint density at radius 2 is 2.14 bits per heavy atom. The van der Waals surface area contributed by atoms with Crippen molar-refractivity contribution in [3.05, 3.63) is 12.2 Å². The lowest BCUT2D eigenvalue weighted by Crippen LogP contribution is -2.42. The predicted octanol–water partition coefficient (Wildman–Crippen LogP) is 1.29. The molecule has 0 radical (unpaired) electrons. The minimum Gasteiger partial charge on any atom is -0.379 e. The molecule has 1 unspecified atom stereocenters. The Kier molecular flexibility index (Phi) is 6.00. The number of hydrogen-bond acceptors (Lipinski definition) is 3. The van der Waals surface area contributed by atoms with Gasteiger partial charge in [-0.25, -0.2) is 0 Å². The van der Waals surface area contributed by atoms with E-state index in [1.54, 1.807) is 7.11 Å². The van der Waals surface area contributed by atoms with E-state index in [1.165, 1.54) is 0 Å². The number of nitrogens with one attached hydrogen (secondary N) is 1. The molecule has 1 atom stereocenters. The van der Waals surface area contributed by atoms with Gasteiger partial charge in [0.2, 0.25) is 0 Å². The molecule has 3 N–H and O–H groups in total. The van der Waals surface area contributed by atoms with Crippen LogP contribution in [0.1, 0.15) is 27.2 Å². The largest absolute Gasteiger partial charge is 0.379 e. The first kappa shape index (κ1) is 13.6. The third-order valence-electron chi connectivity index (χ3n) is 2.27. The Labute approximate surface area is 87.7 Å². The molecule has 0 saturated heterocycles. The minimum atomic E-state index is -0.119. The highest BCUT2D eigenvalue weighted by Crippen LogP contribution is 2.15. The summed E-state index contributed by atoms with van der Waals surface area (Å²) in [5.41, 5.74) is 6.68. The molecule has 0 fully saturated rings. The van der Waals surface area contributed by atoms with Gasteiger partial charge in [0, 0.05) is 26.2 Å². The highest BCUT2D eigenvalue weighted by atomic mass is 16.5. The van der Waals surface area contributed by atoms with E-state index in [-0.39, 0.29) is 5.60 Å². The average Bonchev–Trinajstić information content (AvgIpc) is 2.12. The van der Waals surface area contributed by atoms with Crippen molar-refractivity contribution in [1.82, 2.24) is 5.32 Å². The first-order valence-electron chi connectivity index (χ1n) is 5.04. The molecule has 0 bridgehead atoms. The van der Waals surface area contributed by atoms with E-state index in [9.17, 15) is 0 Å². The Bertz CT molecular complexity index is 178. The summed E-state index contributed by atoms with van der Waals surface area (Å²) in [6, 6.07) is 0.293. The second-order valence-corrected chi connectivity index (χ2v) is 4.44. The molecule has 0 aromatic heterocycles. The average molecular weight is 200 g/mol. The Hall–Kier alpha value is -0.380. The summed E-state index contributed by atoms with van der Waals surface area (Å²) in [6.07, 6.45) is 0.910. The molecule has 0 saturated carbocycles. The molecule has 0 aliphatic rings. The Balaban J connectivity index is 3.96. The molecular formula is C11H24N2O. The molecule has 3 nitrogen and oxygen atoms in total. The van der Waals surface area contributed by atoms with Crippen molar-refractivity contribution in [2.45, 2.75) is 38.8 Å². The van der Waals surface area contributed by atoms with Crippen LogP contribution in [0.15, 0.2) is 12.2 Å². The lowest BCUT2D eigenvalue weighted by molar-refractivity contribution is 0.00802. The van der Waals surface area contributed by atoms with E-state index in [2.05, 4.69) is 25.7 Å². The predicted molar refractivity (Wildman–Crippen MR) is 61.4 cm³/mol. The molecule has 3 heteroatoms. The van der Waals surface area contributed by atoms with Gasteiger partial charge in [-0.15, -0.1) is 0 Å². The topological polar surface area (TPSA) is 47.3 Å². The van der Waals surface area contributed by atoms with Crippen LogP contribution in [0.5, 0.6) is 0 Å². The van der Waals surface area contributed by atoms with Gasteiger partial charge in [0.1, 0.15) is 0 Å². The molecule has 0 rings (SSSR count). The van der Waals surface area contributed by atoms with Crippen molar-refractivity contribution in [2.75, 3.05) is 20.2 Å². The zero-order chi connectivity index (χ0) is 11.2. The third-order valence-corrected chi connectivity index (χ3v) is 2.27. The zero-order valence-electron chi connectivity index (χ0n) is 9.89. The second-order valence-electron chi connectivity index (χ2n) is 4.44. The van der Waals surface area contributed by atoms with Gasteiger partial charge in [0.05, 0.1) is 5.60 Å². The van der Waals surface area contributed by atoms with Crippen molar-refractivity contribution in [2.24, 2.45) is 5.73 Å². The van der Waals surface area contributed by atoms with E-state index in [4.69, 9.17) is 10.5 Å². The summed E-state index contributed by atoms with van der Waals surface area (Å²) in [5.74, 6) is 0. The van der Waals surface area contributed by atoms with Crippen molar-refractivity contribution >= 4 is 0 Å². The maximum atomic E-state index is 5.67. The summed E-state index contributed by atoms with van der Waals surface area (Å²) in [6.45, 7) is 11.4. The maximum Gasteiger partial charge on any atom is 0.0638 e.